The van der Waals surface area contributed by atoms with Gasteiger partial charge < -0.3 is 9.64 Å². The third-order valence-electron chi connectivity index (χ3n) is 5.07. The van der Waals surface area contributed by atoms with Crippen LogP contribution < -0.4 is 0 Å². The number of carbonyl (C=O) groups is 1. The van der Waals surface area contributed by atoms with Gasteiger partial charge in [-0.2, -0.15) is 0 Å². The van der Waals surface area contributed by atoms with Gasteiger partial charge in [0.15, 0.2) is 0 Å². The summed E-state index contributed by atoms with van der Waals surface area (Å²) in [5, 5.41) is 0. The molecule has 4 heteroatoms. The maximum absolute atomic E-state index is 12.7. The summed E-state index contributed by atoms with van der Waals surface area (Å²) < 4.78 is 5.42. The highest BCUT2D eigenvalue weighted by atomic mass is 16.5. The van der Waals surface area contributed by atoms with E-state index in [4.69, 9.17) is 4.74 Å². The Morgan fingerprint density at radius 1 is 1.14 bits per heavy atom. The van der Waals surface area contributed by atoms with Crippen LogP contribution in [0.15, 0.2) is 12.2 Å². The molecule has 0 unspecified atom stereocenters. The molecule has 2 saturated heterocycles. The van der Waals surface area contributed by atoms with Crippen molar-refractivity contribution in [3.05, 3.63) is 12.2 Å². The molecular weight excluding hydrogens is 264 g/mol. The van der Waals surface area contributed by atoms with Gasteiger partial charge in [0.25, 0.3) is 0 Å². The van der Waals surface area contributed by atoms with Crippen LogP contribution in [0.4, 0.5) is 0 Å². The molecule has 0 aromatic carbocycles. The molecule has 0 radical (unpaired) electrons. The average Bonchev–Trinajstić information content (AvgIpc) is 3.02. The molecule has 4 nitrogen and oxygen atoms in total. The molecule has 0 aromatic rings. The van der Waals surface area contributed by atoms with E-state index in [9.17, 15) is 4.79 Å². The van der Waals surface area contributed by atoms with E-state index in [1.807, 2.05) is 0 Å². The molecule has 2 fully saturated rings. The second-order valence-corrected chi connectivity index (χ2v) is 6.62. The van der Waals surface area contributed by atoms with Crippen molar-refractivity contribution in [1.29, 1.82) is 0 Å². The molecule has 2 aliphatic heterocycles. The second-order valence-electron chi connectivity index (χ2n) is 6.62. The molecule has 21 heavy (non-hydrogen) atoms. The SMILES string of the molecule is O=C(C[C@@H]1C=CCC1)N1CCCC[C@@H]1CN1CCOCC1. The lowest BCUT2D eigenvalue weighted by atomic mass is 9.98. The third-order valence-corrected chi connectivity index (χ3v) is 5.07. The van der Waals surface area contributed by atoms with Gasteiger partial charge in [0.1, 0.15) is 0 Å². The number of ether oxygens (including phenoxy) is 1. The predicted molar refractivity (Wildman–Crippen MR) is 83.1 cm³/mol. The summed E-state index contributed by atoms with van der Waals surface area (Å²) in [5.74, 6) is 0.868. The van der Waals surface area contributed by atoms with E-state index in [-0.39, 0.29) is 0 Å². The summed E-state index contributed by atoms with van der Waals surface area (Å²) in [6.45, 7) is 5.72. The lowest BCUT2D eigenvalue weighted by Crippen LogP contribution is -2.51. The van der Waals surface area contributed by atoms with Crippen LogP contribution in [0.2, 0.25) is 0 Å². The quantitative estimate of drug-likeness (QED) is 0.744. The van der Waals surface area contributed by atoms with Gasteiger partial charge in [0, 0.05) is 38.6 Å². The topological polar surface area (TPSA) is 32.8 Å². The number of hydrogen-bond acceptors (Lipinski definition) is 3. The van der Waals surface area contributed by atoms with Gasteiger partial charge in [-0.15, -0.1) is 0 Å². The highest BCUT2D eigenvalue weighted by molar-refractivity contribution is 5.77. The Balaban J connectivity index is 1.54. The number of morpholine rings is 1. The van der Waals surface area contributed by atoms with Crippen LogP contribution in [-0.2, 0) is 9.53 Å². The molecule has 0 saturated carbocycles. The van der Waals surface area contributed by atoms with Crippen LogP contribution in [-0.4, -0.2) is 61.1 Å². The fourth-order valence-electron chi connectivity index (χ4n) is 3.81. The Kier molecular flexibility index (Phi) is 5.31. The number of allylic oxidation sites excluding steroid dienone is 2. The third kappa shape index (κ3) is 4.07. The van der Waals surface area contributed by atoms with Gasteiger partial charge in [0.05, 0.1) is 13.2 Å². The first-order chi connectivity index (χ1) is 10.3. The summed E-state index contributed by atoms with van der Waals surface area (Å²) in [7, 11) is 0. The smallest absolute Gasteiger partial charge is 0.223 e. The van der Waals surface area contributed by atoms with Crippen molar-refractivity contribution in [3.63, 3.8) is 0 Å². The largest absolute Gasteiger partial charge is 0.379 e. The van der Waals surface area contributed by atoms with E-state index in [0.717, 1.165) is 58.7 Å². The van der Waals surface area contributed by atoms with E-state index in [2.05, 4.69) is 22.0 Å². The van der Waals surface area contributed by atoms with Crippen molar-refractivity contribution in [3.8, 4) is 0 Å². The minimum atomic E-state index is 0.379. The lowest BCUT2D eigenvalue weighted by Gasteiger charge is -2.40. The first kappa shape index (κ1) is 15.0. The first-order valence-electron chi connectivity index (χ1n) is 8.59. The van der Waals surface area contributed by atoms with Gasteiger partial charge in [-0.05, 0) is 38.0 Å². The molecule has 0 aromatic heterocycles. The molecule has 3 rings (SSSR count). The van der Waals surface area contributed by atoms with E-state index in [0.29, 0.717) is 17.9 Å². The Morgan fingerprint density at radius 3 is 2.76 bits per heavy atom. The average molecular weight is 292 g/mol. The number of rotatable bonds is 4. The van der Waals surface area contributed by atoms with Crippen LogP contribution >= 0.6 is 0 Å². The predicted octanol–water partition coefficient (Wildman–Crippen LogP) is 2.06. The molecule has 0 N–H and O–H groups in total. The minimum absolute atomic E-state index is 0.379. The number of piperidine rings is 1. The number of nitrogens with zero attached hydrogens (tertiary/aromatic N) is 2. The highest BCUT2D eigenvalue weighted by Crippen LogP contribution is 2.25. The normalized spacial score (nSPS) is 30.8. The van der Waals surface area contributed by atoms with Crippen molar-refractivity contribution in [1.82, 2.24) is 9.80 Å². The first-order valence-corrected chi connectivity index (χ1v) is 8.59. The van der Waals surface area contributed by atoms with Gasteiger partial charge in [-0.3, -0.25) is 9.69 Å². The molecule has 1 amide bonds. The van der Waals surface area contributed by atoms with Crippen molar-refractivity contribution in [2.45, 2.75) is 44.6 Å². The maximum Gasteiger partial charge on any atom is 0.223 e. The monoisotopic (exact) mass is 292 g/mol. The van der Waals surface area contributed by atoms with E-state index >= 15 is 0 Å². The Hall–Kier alpha value is -0.870. The molecule has 2 atom stereocenters. The van der Waals surface area contributed by atoms with Crippen LogP contribution in [0.25, 0.3) is 0 Å². The van der Waals surface area contributed by atoms with Crippen LogP contribution in [0.3, 0.4) is 0 Å². The van der Waals surface area contributed by atoms with Gasteiger partial charge in [0.2, 0.25) is 5.91 Å². The number of likely N-dealkylation sites (tertiary alicyclic amines) is 1. The Bertz CT molecular complexity index is 377. The van der Waals surface area contributed by atoms with Crippen molar-refractivity contribution in [2.24, 2.45) is 5.92 Å². The number of amides is 1. The van der Waals surface area contributed by atoms with Crippen molar-refractivity contribution in [2.75, 3.05) is 39.4 Å². The zero-order chi connectivity index (χ0) is 14.5. The minimum Gasteiger partial charge on any atom is -0.379 e. The number of hydrogen-bond donors (Lipinski definition) is 0. The zero-order valence-corrected chi connectivity index (χ0v) is 13.0. The van der Waals surface area contributed by atoms with E-state index < -0.39 is 0 Å². The number of carbonyl (C=O) groups excluding carboxylic acids is 1. The molecule has 1 aliphatic carbocycles. The molecule has 2 heterocycles. The Morgan fingerprint density at radius 2 is 2.00 bits per heavy atom. The van der Waals surface area contributed by atoms with Crippen LogP contribution in [0.5, 0.6) is 0 Å². The summed E-state index contributed by atoms with van der Waals surface area (Å²) in [6.07, 6.45) is 11.1. The summed E-state index contributed by atoms with van der Waals surface area (Å²) in [5.41, 5.74) is 0. The van der Waals surface area contributed by atoms with Gasteiger partial charge in [-0.1, -0.05) is 12.2 Å². The maximum atomic E-state index is 12.7. The molecule has 118 valence electrons. The second kappa shape index (κ2) is 7.41. The zero-order valence-electron chi connectivity index (χ0n) is 13.0. The van der Waals surface area contributed by atoms with Crippen molar-refractivity contribution < 1.29 is 9.53 Å². The molecule has 3 aliphatic rings. The standard InChI is InChI=1S/C17H28N2O2/c20-17(13-15-5-1-2-6-15)19-8-4-3-7-16(19)14-18-9-11-21-12-10-18/h1,5,15-16H,2-4,6-14H2/t15-,16-/m1/s1. The molecule has 0 spiro atoms. The molecular formula is C17H28N2O2. The van der Waals surface area contributed by atoms with Crippen molar-refractivity contribution >= 4 is 5.91 Å². The Labute approximate surface area is 128 Å². The summed E-state index contributed by atoms with van der Waals surface area (Å²) in [6, 6.07) is 0.426. The summed E-state index contributed by atoms with van der Waals surface area (Å²) in [4.78, 5) is 17.3. The van der Waals surface area contributed by atoms with Gasteiger partial charge >= 0.3 is 0 Å². The van der Waals surface area contributed by atoms with E-state index in [1.165, 1.54) is 19.3 Å². The van der Waals surface area contributed by atoms with E-state index in [1.54, 1.807) is 0 Å². The molecule has 0 bridgehead atoms. The van der Waals surface area contributed by atoms with Crippen LogP contribution in [0.1, 0.15) is 38.5 Å². The highest BCUT2D eigenvalue weighted by Gasteiger charge is 2.29. The fourth-order valence-corrected chi connectivity index (χ4v) is 3.81. The van der Waals surface area contributed by atoms with Crippen LogP contribution in [0, 0.1) is 5.92 Å². The fraction of sp³-hybridized carbons (Fsp3) is 0.824. The lowest BCUT2D eigenvalue weighted by molar-refractivity contribution is -0.136. The van der Waals surface area contributed by atoms with Gasteiger partial charge in [-0.25, -0.2) is 0 Å². The summed E-state index contributed by atoms with van der Waals surface area (Å²) >= 11 is 0.